The summed E-state index contributed by atoms with van der Waals surface area (Å²) in [5.74, 6) is -0.191. The number of imide groups is 1. The van der Waals surface area contributed by atoms with Gasteiger partial charge < -0.3 is 14.4 Å². The lowest BCUT2D eigenvalue weighted by Gasteiger charge is -2.28. The maximum absolute atomic E-state index is 12.7. The number of hydrogen-bond acceptors (Lipinski definition) is 6. The number of carbonyl (C=O) groups is 3. The van der Waals surface area contributed by atoms with Crippen molar-refractivity contribution >= 4 is 66.8 Å². The predicted octanol–water partition coefficient (Wildman–Crippen LogP) is 3.12. The van der Waals surface area contributed by atoms with E-state index in [0.29, 0.717) is 42.1 Å². The van der Waals surface area contributed by atoms with Crippen LogP contribution in [0.25, 0.3) is 6.08 Å². The number of amides is 3. The summed E-state index contributed by atoms with van der Waals surface area (Å²) in [5.41, 5.74) is 0.642. The highest BCUT2D eigenvalue weighted by molar-refractivity contribution is 9.11. The molecule has 0 radical (unpaired) electrons. The molecule has 3 amide bonds. The van der Waals surface area contributed by atoms with Gasteiger partial charge in [0, 0.05) is 23.1 Å². The van der Waals surface area contributed by atoms with E-state index >= 15 is 0 Å². The molecule has 0 unspecified atom stereocenters. The molecule has 2 aliphatic rings. The Kier molecular flexibility index (Phi) is 6.61. The number of nitrogens with zero attached hydrogens (tertiary/aromatic N) is 2. The van der Waals surface area contributed by atoms with Crippen molar-refractivity contribution in [2.24, 2.45) is 0 Å². The quantitative estimate of drug-likeness (QED) is 0.569. The van der Waals surface area contributed by atoms with E-state index in [0.717, 1.165) is 21.1 Å². The Balaban J connectivity index is 1.80. The van der Waals surface area contributed by atoms with Crippen molar-refractivity contribution in [3.8, 4) is 5.75 Å². The Morgan fingerprint density at radius 3 is 2.67 bits per heavy atom. The van der Waals surface area contributed by atoms with Crippen LogP contribution < -0.4 is 4.74 Å². The zero-order valence-corrected chi connectivity index (χ0v) is 18.4. The lowest BCUT2D eigenvalue weighted by molar-refractivity contribution is -0.139. The molecule has 0 atom stereocenters. The van der Waals surface area contributed by atoms with Crippen LogP contribution in [0.15, 0.2) is 26.0 Å². The molecule has 2 heterocycles. The highest BCUT2D eigenvalue weighted by Gasteiger charge is 2.37. The number of thioether (sulfide) groups is 1. The molecular weight excluding hydrogens is 504 g/mol. The van der Waals surface area contributed by atoms with Crippen molar-refractivity contribution in [1.29, 1.82) is 0 Å². The second-order valence-corrected chi connectivity index (χ2v) is 8.53. The van der Waals surface area contributed by atoms with E-state index in [2.05, 4.69) is 31.9 Å². The average molecular weight is 520 g/mol. The molecule has 2 fully saturated rings. The van der Waals surface area contributed by atoms with Crippen molar-refractivity contribution in [3.63, 3.8) is 0 Å². The fourth-order valence-electron chi connectivity index (χ4n) is 2.73. The molecule has 10 heteroatoms. The standard InChI is InChI=1S/C17H16Br2N2O5S/c1-25-15-10(6-11(18)8-12(15)19)7-13-16(23)21(17(24)27-13)9-14(22)20-2-4-26-5-3-20/h6-8H,2-5,9H2,1H3/b13-7+. The van der Waals surface area contributed by atoms with Gasteiger partial charge >= 0.3 is 0 Å². The highest BCUT2D eigenvalue weighted by atomic mass is 79.9. The van der Waals surface area contributed by atoms with Gasteiger partial charge in [0.2, 0.25) is 5.91 Å². The van der Waals surface area contributed by atoms with Crippen LogP contribution in [0.2, 0.25) is 0 Å². The zero-order valence-electron chi connectivity index (χ0n) is 14.4. The van der Waals surface area contributed by atoms with Gasteiger partial charge in [0.1, 0.15) is 12.3 Å². The van der Waals surface area contributed by atoms with Gasteiger partial charge in [-0.25, -0.2) is 0 Å². The molecule has 7 nitrogen and oxygen atoms in total. The molecule has 1 aromatic carbocycles. The van der Waals surface area contributed by atoms with E-state index in [1.807, 2.05) is 6.07 Å². The van der Waals surface area contributed by atoms with Crippen LogP contribution in [0.1, 0.15) is 5.56 Å². The molecule has 27 heavy (non-hydrogen) atoms. The lowest BCUT2D eigenvalue weighted by atomic mass is 10.2. The van der Waals surface area contributed by atoms with E-state index in [1.54, 1.807) is 17.0 Å². The SMILES string of the molecule is COc1c(Br)cc(Br)cc1/C=C1/SC(=O)N(CC(=O)N2CCOCC2)C1=O. The Morgan fingerprint density at radius 2 is 2.00 bits per heavy atom. The van der Waals surface area contributed by atoms with Crippen LogP contribution in [0.4, 0.5) is 4.79 Å². The summed E-state index contributed by atoms with van der Waals surface area (Å²) in [4.78, 5) is 40.1. The number of rotatable bonds is 4. The number of ether oxygens (including phenoxy) is 2. The first-order valence-corrected chi connectivity index (χ1v) is 10.4. The molecule has 2 saturated heterocycles. The first-order chi connectivity index (χ1) is 12.9. The number of morpholine rings is 1. The van der Waals surface area contributed by atoms with E-state index < -0.39 is 11.1 Å². The van der Waals surface area contributed by atoms with E-state index in [9.17, 15) is 14.4 Å². The Labute approximate surface area is 177 Å². The topological polar surface area (TPSA) is 76.2 Å². The Bertz CT molecular complexity index is 824. The molecule has 0 spiro atoms. The second kappa shape index (κ2) is 8.76. The monoisotopic (exact) mass is 518 g/mol. The third kappa shape index (κ3) is 4.56. The smallest absolute Gasteiger partial charge is 0.294 e. The number of benzene rings is 1. The van der Waals surface area contributed by atoms with Crippen LogP contribution in [0, 0.1) is 0 Å². The van der Waals surface area contributed by atoms with Gasteiger partial charge in [-0.3, -0.25) is 19.3 Å². The largest absolute Gasteiger partial charge is 0.495 e. The molecule has 144 valence electrons. The first-order valence-electron chi connectivity index (χ1n) is 8.04. The first kappa shape index (κ1) is 20.4. The van der Waals surface area contributed by atoms with Gasteiger partial charge in [-0.1, -0.05) is 15.9 Å². The van der Waals surface area contributed by atoms with E-state index in [1.165, 1.54) is 7.11 Å². The van der Waals surface area contributed by atoms with Crippen LogP contribution in [-0.2, 0) is 14.3 Å². The highest BCUT2D eigenvalue weighted by Crippen LogP contribution is 2.38. The average Bonchev–Trinajstić information content (AvgIpc) is 2.89. The van der Waals surface area contributed by atoms with Crippen molar-refractivity contribution in [2.75, 3.05) is 40.0 Å². The molecule has 0 aromatic heterocycles. The third-order valence-electron chi connectivity index (χ3n) is 4.06. The van der Waals surface area contributed by atoms with Crippen molar-refractivity contribution < 1.29 is 23.9 Å². The predicted molar refractivity (Wildman–Crippen MR) is 108 cm³/mol. The number of carbonyl (C=O) groups excluding carboxylic acids is 3. The number of halogens is 2. The molecule has 0 aliphatic carbocycles. The second-order valence-electron chi connectivity index (χ2n) is 5.77. The van der Waals surface area contributed by atoms with Crippen molar-refractivity contribution in [3.05, 3.63) is 31.5 Å². The maximum atomic E-state index is 12.7. The molecule has 1 aromatic rings. The summed E-state index contributed by atoms with van der Waals surface area (Å²) in [6.45, 7) is 1.60. The third-order valence-corrected chi connectivity index (χ3v) is 6.01. The summed E-state index contributed by atoms with van der Waals surface area (Å²) in [7, 11) is 1.53. The van der Waals surface area contributed by atoms with Gasteiger partial charge in [0.25, 0.3) is 11.1 Å². The minimum atomic E-state index is -0.482. The summed E-state index contributed by atoms with van der Waals surface area (Å²) < 4.78 is 12.1. The zero-order chi connectivity index (χ0) is 19.6. The van der Waals surface area contributed by atoms with Gasteiger partial charge in [0.05, 0.1) is 29.7 Å². The van der Waals surface area contributed by atoms with Crippen LogP contribution in [0.3, 0.4) is 0 Å². The van der Waals surface area contributed by atoms with E-state index in [4.69, 9.17) is 9.47 Å². The molecule has 0 N–H and O–H groups in total. The fraction of sp³-hybridized carbons (Fsp3) is 0.353. The van der Waals surface area contributed by atoms with Gasteiger partial charge in [-0.15, -0.1) is 0 Å². The van der Waals surface area contributed by atoms with Crippen LogP contribution in [0.5, 0.6) is 5.75 Å². The summed E-state index contributed by atoms with van der Waals surface area (Å²) in [6.07, 6.45) is 1.60. The van der Waals surface area contributed by atoms with Crippen LogP contribution in [-0.4, -0.2) is 66.8 Å². The minimum Gasteiger partial charge on any atom is -0.495 e. The molecule has 0 saturated carbocycles. The van der Waals surface area contributed by atoms with Gasteiger partial charge in [0.15, 0.2) is 0 Å². The minimum absolute atomic E-state index is 0.248. The molecule has 2 aliphatic heterocycles. The van der Waals surface area contributed by atoms with E-state index in [-0.39, 0.29) is 17.4 Å². The Morgan fingerprint density at radius 1 is 1.30 bits per heavy atom. The summed E-state index contributed by atoms with van der Waals surface area (Å²) >= 11 is 7.62. The Hall–Kier alpha value is -1.36. The number of hydrogen-bond donors (Lipinski definition) is 0. The molecule has 0 bridgehead atoms. The van der Waals surface area contributed by atoms with Crippen LogP contribution >= 0.6 is 43.6 Å². The molecule has 3 rings (SSSR count). The molecular formula is C17H16Br2N2O5S. The summed E-state index contributed by atoms with van der Waals surface area (Å²) in [6, 6.07) is 3.61. The van der Waals surface area contributed by atoms with Crippen molar-refractivity contribution in [2.45, 2.75) is 0 Å². The lowest BCUT2D eigenvalue weighted by Crippen LogP contribution is -2.46. The normalized spacial score (nSPS) is 19.1. The fourth-order valence-corrected chi connectivity index (χ4v) is 4.98. The number of methoxy groups -OCH3 is 1. The summed E-state index contributed by atoms with van der Waals surface area (Å²) in [5, 5.41) is -0.458. The van der Waals surface area contributed by atoms with Crippen molar-refractivity contribution in [1.82, 2.24) is 9.80 Å². The maximum Gasteiger partial charge on any atom is 0.294 e. The van der Waals surface area contributed by atoms with Gasteiger partial charge in [-0.2, -0.15) is 0 Å². The van der Waals surface area contributed by atoms with Gasteiger partial charge in [-0.05, 0) is 45.9 Å².